The molecule has 0 aliphatic heterocycles. The lowest BCUT2D eigenvalue weighted by Gasteiger charge is -1.91. The Morgan fingerprint density at radius 3 is 2.89 bits per heavy atom. The molecular formula is C7H8FN. The van der Waals surface area contributed by atoms with Gasteiger partial charge < -0.3 is 0 Å². The number of aromatic nitrogens is 1. The smallest absolute Gasteiger partial charge is 0.0949 e. The van der Waals surface area contributed by atoms with Crippen molar-refractivity contribution in [1.82, 2.24) is 4.98 Å². The van der Waals surface area contributed by atoms with E-state index >= 15 is 0 Å². The molecule has 1 heterocycles. The zero-order valence-electron chi connectivity index (χ0n) is 5.05. The maximum atomic E-state index is 11.6. The van der Waals surface area contributed by atoms with Gasteiger partial charge in [0.2, 0.25) is 0 Å². The van der Waals surface area contributed by atoms with Crippen LogP contribution in [0.1, 0.15) is 5.69 Å². The van der Waals surface area contributed by atoms with Gasteiger partial charge in [-0.3, -0.25) is 9.37 Å². The largest absolute Gasteiger partial charge is 0.261 e. The van der Waals surface area contributed by atoms with Gasteiger partial charge in [0.05, 0.1) is 6.67 Å². The minimum absolute atomic E-state index is 0.322. The molecule has 0 atom stereocenters. The fourth-order valence-electron chi connectivity index (χ4n) is 0.643. The molecule has 1 nitrogen and oxygen atoms in total. The quantitative estimate of drug-likeness (QED) is 0.585. The van der Waals surface area contributed by atoms with E-state index in [9.17, 15) is 4.39 Å². The Morgan fingerprint density at radius 2 is 2.33 bits per heavy atom. The molecule has 0 amide bonds. The van der Waals surface area contributed by atoms with Crippen LogP contribution in [-0.2, 0) is 6.42 Å². The van der Waals surface area contributed by atoms with Gasteiger partial charge in [0.15, 0.2) is 0 Å². The summed E-state index contributed by atoms with van der Waals surface area (Å²) in [6, 6.07) is 5.50. The summed E-state index contributed by atoms with van der Waals surface area (Å²) in [5.41, 5.74) is 0.819. The van der Waals surface area contributed by atoms with Gasteiger partial charge in [-0.1, -0.05) is 6.07 Å². The van der Waals surface area contributed by atoms with Gasteiger partial charge in [-0.2, -0.15) is 0 Å². The second kappa shape index (κ2) is 3.17. The van der Waals surface area contributed by atoms with E-state index in [0.29, 0.717) is 6.42 Å². The van der Waals surface area contributed by atoms with Gasteiger partial charge in [0, 0.05) is 18.3 Å². The fourth-order valence-corrected chi connectivity index (χ4v) is 0.643. The summed E-state index contributed by atoms with van der Waals surface area (Å²) in [7, 11) is 0. The van der Waals surface area contributed by atoms with Crippen LogP contribution < -0.4 is 0 Å². The Morgan fingerprint density at radius 1 is 1.44 bits per heavy atom. The first-order valence-electron chi connectivity index (χ1n) is 2.89. The third kappa shape index (κ3) is 1.80. The minimum Gasteiger partial charge on any atom is -0.261 e. The summed E-state index contributed by atoms with van der Waals surface area (Å²) in [6.45, 7) is -0.322. The normalized spacial score (nSPS) is 9.44. The summed E-state index contributed by atoms with van der Waals surface area (Å²) in [6.07, 6.45) is 2.10. The predicted octanol–water partition coefficient (Wildman–Crippen LogP) is 1.59. The van der Waals surface area contributed by atoms with E-state index in [4.69, 9.17) is 0 Å². The number of rotatable bonds is 2. The maximum Gasteiger partial charge on any atom is 0.0949 e. The van der Waals surface area contributed by atoms with E-state index in [0.717, 1.165) is 5.69 Å². The van der Waals surface area contributed by atoms with Crippen molar-refractivity contribution < 1.29 is 4.39 Å². The fraction of sp³-hybridized carbons (Fsp3) is 0.286. The number of hydrogen-bond acceptors (Lipinski definition) is 1. The number of halogens is 1. The van der Waals surface area contributed by atoms with Crippen molar-refractivity contribution in [1.29, 1.82) is 0 Å². The number of nitrogens with zero attached hydrogens (tertiary/aromatic N) is 1. The van der Waals surface area contributed by atoms with Crippen molar-refractivity contribution in [2.24, 2.45) is 0 Å². The lowest BCUT2D eigenvalue weighted by Crippen LogP contribution is -1.88. The molecule has 0 unspecified atom stereocenters. The van der Waals surface area contributed by atoms with Crippen LogP contribution in [0.25, 0.3) is 0 Å². The lowest BCUT2D eigenvalue weighted by atomic mass is 10.3. The molecule has 1 aromatic heterocycles. The van der Waals surface area contributed by atoms with E-state index in [1.54, 1.807) is 6.20 Å². The number of hydrogen-bond donors (Lipinski definition) is 0. The van der Waals surface area contributed by atoms with Crippen molar-refractivity contribution in [2.45, 2.75) is 6.42 Å². The Kier molecular flexibility index (Phi) is 2.19. The van der Waals surface area contributed by atoms with Gasteiger partial charge in [0.1, 0.15) is 0 Å². The molecule has 0 saturated carbocycles. The molecule has 0 aliphatic rings. The summed E-state index contributed by atoms with van der Waals surface area (Å²) in [5, 5.41) is 0. The molecule has 48 valence electrons. The molecule has 0 N–H and O–H groups in total. The molecule has 0 radical (unpaired) electrons. The number of aryl methyl sites for hydroxylation is 1. The van der Waals surface area contributed by atoms with Gasteiger partial charge >= 0.3 is 0 Å². The number of pyridine rings is 1. The van der Waals surface area contributed by atoms with Crippen LogP contribution in [0.2, 0.25) is 0 Å². The third-order valence-electron chi connectivity index (χ3n) is 1.08. The van der Waals surface area contributed by atoms with Gasteiger partial charge in [-0.25, -0.2) is 0 Å². The van der Waals surface area contributed by atoms with Crippen molar-refractivity contribution in [3.8, 4) is 0 Å². The van der Waals surface area contributed by atoms with E-state index in [2.05, 4.69) is 4.98 Å². The molecule has 0 aliphatic carbocycles. The van der Waals surface area contributed by atoms with E-state index in [1.165, 1.54) is 0 Å². The molecule has 0 spiro atoms. The molecule has 2 heteroatoms. The Balaban J connectivity index is 2.61. The van der Waals surface area contributed by atoms with Crippen LogP contribution in [0.3, 0.4) is 0 Å². The highest BCUT2D eigenvalue weighted by atomic mass is 19.1. The SMILES string of the molecule is FCCc1ccccn1. The average molecular weight is 125 g/mol. The highest BCUT2D eigenvalue weighted by Gasteiger charge is 1.88. The van der Waals surface area contributed by atoms with Crippen LogP contribution >= 0.6 is 0 Å². The summed E-state index contributed by atoms with van der Waals surface area (Å²) in [4.78, 5) is 3.93. The van der Waals surface area contributed by atoms with Gasteiger partial charge in [-0.05, 0) is 12.1 Å². The molecule has 0 fully saturated rings. The number of alkyl halides is 1. The summed E-state index contributed by atoms with van der Waals surface area (Å²) in [5.74, 6) is 0. The molecular weight excluding hydrogens is 117 g/mol. The van der Waals surface area contributed by atoms with Crippen LogP contribution in [0, 0.1) is 0 Å². The van der Waals surface area contributed by atoms with E-state index in [1.807, 2.05) is 18.2 Å². The van der Waals surface area contributed by atoms with Gasteiger partial charge in [-0.15, -0.1) is 0 Å². The third-order valence-corrected chi connectivity index (χ3v) is 1.08. The molecule has 0 bridgehead atoms. The Hall–Kier alpha value is -0.920. The summed E-state index contributed by atoms with van der Waals surface area (Å²) >= 11 is 0. The van der Waals surface area contributed by atoms with Crippen molar-refractivity contribution in [2.75, 3.05) is 6.67 Å². The zero-order chi connectivity index (χ0) is 6.53. The minimum atomic E-state index is -0.322. The van der Waals surface area contributed by atoms with E-state index in [-0.39, 0.29) is 6.67 Å². The van der Waals surface area contributed by atoms with Crippen LogP contribution in [0.4, 0.5) is 4.39 Å². The molecule has 0 aromatic carbocycles. The first-order chi connectivity index (χ1) is 4.43. The van der Waals surface area contributed by atoms with Crippen molar-refractivity contribution in [3.05, 3.63) is 30.1 Å². The Bertz CT molecular complexity index is 162. The predicted molar refractivity (Wildman–Crippen MR) is 33.9 cm³/mol. The highest BCUT2D eigenvalue weighted by Crippen LogP contribution is 1.93. The van der Waals surface area contributed by atoms with Crippen LogP contribution in [0.15, 0.2) is 24.4 Å². The maximum absolute atomic E-state index is 11.6. The Labute approximate surface area is 53.5 Å². The van der Waals surface area contributed by atoms with Gasteiger partial charge in [0.25, 0.3) is 0 Å². The average Bonchev–Trinajstić information content (AvgIpc) is 1.91. The first kappa shape index (κ1) is 6.20. The van der Waals surface area contributed by atoms with Crippen molar-refractivity contribution >= 4 is 0 Å². The zero-order valence-corrected chi connectivity index (χ0v) is 5.05. The van der Waals surface area contributed by atoms with Crippen LogP contribution in [-0.4, -0.2) is 11.7 Å². The highest BCUT2D eigenvalue weighted by molar-refractivity contribution is 5.03. The molecule has 1 aromatic rings. The second-order valence-electron chi connectivity index (χ2n) is 1.76. The standard InChI is InChI=1S/C7H8FN/c8-5-4-7-3-1-2-6-9-7/h1-3,6H,4-5H2. The van der Waals surface area contributed by atoms with Crippen molar-refractivity contribution in [3.63, 3.8) is 0 Å². The lowest BCUT2D eigenvalue weighted by molar-refractivity contribution is 0.492. The molecule has 9 heavy (non-hydrogen) atoms. The monoisotopic (exact) mass is 125 g/mol. The topological polar surface area (TPSA) is 12.9 Å². The summed E-state index contributed by atoms with van der Waals surface area (Å²) < 4.78 is 11.6. The molecule has 1 rings (SSSR count). The van der Waals surface area contributed by atoms with E-state index < -0.39 is 0 Å². The molecule has 0 saturated heterocycles. The second-order valence-corrected chi connectivity index (χ2v) is 1.76. The van der Waals surface area contributed by atoms with Crippen LogP contribution in [0.5, 0.6) is 0 Å². The first-order valence-corrected chi connectivity index (χ1v) is 2.89.